The highest BCUT2D eigenvalue weighted by Crippen LogP contribution is 2.29. The molecule has 3 rings (SSSR count). The van der Waals surface area contributed by atoms with Crippen molar-refractivity contribution in [3.05, 3.63) is 0 Å². The van der Waals surface area contributed by atoms with Crippen molar-refractivity contribution in [1.29, 1.82) is 0 Å². The van der Waals surface area contributed by atoms with Gasteiger partial charge < -0.3 is 14.5 Å². The molecule has 3 fully saturated rings. The minimum Gasteiger partial charge on any atom is -0.379 e. The fraction of sp³-hybridized carbons (Fsp3) is 0.944. The van der Waals surface area contributed by atoms with Crippen LogP contribution in [-0.4, -0.2) is 61.6 Å². The van der Waals surface area contributed by atoms with Crippen molar-refractivity contribution in [2.45, 2.75) is 57.4 Å². The third-order valence-electron chi connectivity index (χ3n) is 5.92. The van der Waals surface area contributed by atoms with Gasteiger partial charge in [-0.1, -0.05) is 32.1 Å². The Kier molecular flexibility index (Phi) is 5.75. The summed E-state index contributed by atoms with van der Waals surface area (Å²) in [4.78, 5) is 17.3. The smallest absolute Gasteiger partial charge is 0.222 e. The van der Waals surface area contributed by atoms with E-state index in [2.05, 4.69) is 16.8 Å². The molecule has 1 aliphatic carbocycles. The third kappa shape index (κ3) is 4.02. The van der Waals surface area contributed by atoms with Crippen molar-refractivity contribution in [3.8, 4) is 0 Å². The molecule has 0 spiro atoms. The maximum atomic E-state index is 12.8. The molecule has 0 bridgehead atoms. The van der Waals surface area contributed by atoms with Crippen LogP contribution >= 0.6 is 0 Å². The number of hydrogen-bond donors (Lipinski definition) is 0. The lowest BCUT2D eigenvalue weighted by molar-refractivity contribution is -0.135. The molecule has 4 nitrogen and oxygen atoms in total. The largest absolute Gasteiger partial charge is 0.379 e. The maximum Gasteiger partial charge on any atom is 0.222 e. The molecular weight excluding hydrogens is 276 g/mol. The monoisotopic (exact) mass is 308 g/mol. The zero-order valence-corrected chi connectivity index (χ0v) is 14.1. The number of rotatable bonds is 3. The van der Waals surface area contributed by atoms with Crippen LogP contribution in [0.15, 0.2) is 0 Å². The van der Waals surface area contributed by atoms with Gasteiger partial charge >= 0.3 is 0 Å². The van der Waals surface area contributed by atoms with Crippen molar-refractivity contribution in [2.75, 3.05) is 39.9 Å². The lowest BCUT2D eigenvalue weighted by Gasteiger charge is -2.41. The SMILES string of the molecule is CN1CCC2C(COCCN2C(=O)CCC2CCCCC2)C1. The Morgan fingerprint density at radius 3 is 2.77 bits per heavy atom. The number of piperidine rings is 1. The van der Waals surface area contributed by atoms with Crippen molar-refractivity contribution >= 4 is 5.91 Å². The first-order valence-corrected chi connectivity index (χ1v) is 9.30. The van der Waals surface area contributed by atoms with Gasteiger partial charge in [0, 0.05) is 31.5 Å². The number of fused-ring (bicyclic) bond motifs is 1. The van der Waals surface area contributed by atoms with Crippen LogP contribution in [0.1, 0.15) is 51.4 Å². The Morgan fingerprint density at radius 2 is 1.95 bits per heavy atom. The normalized spacial score (nSPS) is 31.6. The molecule has 0 aromatic rings. The van der Waals surface area contributed by atoms with Crippen LogP contribution in [0.4, 0.5) is 0 Å². The van der Waals surface area contributed by atoms with Crippen LogP contribution in [0.5, 0.6) is 0 Å². The van der Waals surface area contributed by atoms with Crippen LogP contribution in [0.3, 0.4) is 0 Å². The summed E-state index contributed by atoms with van der Waals surface area (Å²) in [5.41, 5.74) is 0. The Morgan fingerprint density at radius 1 is 1.14 bits per heavy atom. The van der Waals surface area contributed by atoms with Gasteiger partial charge in [-0.3, -0.25) is 4.79 Å². The quantitative estimate of drug-likeness (QED) is 0.803. The Hall–Kier alpha value is -0.610. The number of carbonyl (C=O) groups excluding carboxylic acids is 1. The second-order valence-corrected chi connectivity index (χ2v) is 7.58. The first-order chi connectivity index (χ1) is 10.7. The number of hydrogen-bond acceptors (Lipinski definition) is 3. The molecule has 2 saturated heterocycles. The molecule has 3 aliphatic rings. The van der Waals surface area contributed by atoms with Gasteiger partial charge in [0.2, 0.25) is 5.91 Å². The van der Waals surface area contributed by atoms with E-state index in [1.807, 2.05) is 0 Å². The molecule has 2 atom stereocenters. The summed E-state index contributed by atoms with van der Waals surface area (Å²) in [6.07, 6.45) is 9.78. The Bertz CT molecular complexity index is 368. The topological polar surface area (TPSA) is 32.8 Å². The van der Waals surface area contributed by atoms with Gasteiger partial charge in [-0.15, -0.1) is 0 Å². The van der Waals surface area contributed by atoms with Gasteiger partial charge in [-0.25, -0.2) is 0 Å². The highest BCUT2D eigenvalue weighted by Gasteiger charge is 2.36. The molecule has 2 aliphatic heterocycles. The molecule has 22 heavy (non-hydrogen) atoms. The zero-order chi connectivity index (χ0) is 15.4. The fourth-order valence-corrected chi connectivity index (χ4v) is 4.60. The highest BCUT2D eigenvalue weighted by atomic mass is 16.5. The second-order valence-electron chi connectivity index (χ2n) is 7.58. The summed E-state index contributed by atoms with van der Waals surface area (Å²) in [5.74, 6) is 1.68. The molecule has 126 valence electrons. The van der Waals surface area contributed by atoms with Gasteiger partial charge in [-0.05, 0) is 32.4 Å². The Balaban J connectivity index is 1.55. The van der Waals surface area contributed by atoms with Gasteiger partial charge in [-0.2, -0.15) is 0 Å². The molecule has 0 N–H and O–H groups in total. The number of ether oxygens (including phenoxy) is 1. The van der Waals surface area contributed by atoms with E-state index in [1.165, 1.54) is 32.1 Å². The molecule has 2 heterocycles. The van der Waals surface area contributed by atoms with Crippen molar-refractivity contribution in [3.63, 3.8) is 0 Å². The lowest BCUT2D eigenvalue weighted by Crippen LogP contribution is -2.52. The molecule has 4 heteroatoms. The molecule has 0 aromatic carbocycles. The van der Waals surface area contributed by atoms with Gasteiger partial charge in [0.15, 0.2) is 0 Å². The van der Waals surface area contributed by atoms with Crippen LogP contribution in [0.2, 0.25) is 0 Å². The molecule has 2 unspecified atom stereocenters. The number of likely N-dealkylation sites (tertiary alicyclic amines) is 1. The van der Waals surface area contributed by atoms with E-state index >= 15 is 0 Å². The van der Waals surface area contributed by atoms with E-state index in [-0.39, 0.29) is 0 Å². The van der Waals surface area contributed by atoms with Crippen molar-refractivity contribution < 1.29 is 9.53 Å². The number of carbonyl (C=O) groups is 1. The van der Waals surface area contributed by atoms with Crippen LogP contribution in [-0.2, 0) is 9.53 Å². The van der Waals surface area contributed by atoms with E-state index in [0.717, 1.165) is 51.4 Å². The average molecular weight is 308 g/mol. The summed E-state index contributed by atoms with van der Waals surface area (Å²) in [6.45, 7) is 4.51. The van der Waals surface area contributed by atoms with Gasteiger partial charge in [0.25, 0.3) is 0 Å². The number of amides is 1. The molecule has 0 radical (unpaired) electrons. The first-order valence-electron chi connectivity index (χ1n) is 9.30. The predicted molar refractivity (Wildman–Crippen MR) is 87.7 cm³/mol. The van der Waals surface area contributed by atoms with Crippen molar-refractivity contribution in [1.82, 2.24) is 9.80 Å². The molecule has 0 aromatic heterocycles. The molecule has 1 saturated carbocycles. The molecule has 1 amide bonds. The van der Waals surface area contributed by atoms with Gasteiger partial charge in [0.05, 0.1) is 13.2 Å². The van der Waals surface area contributed by atoms with Crippen LogP contribution in [0.25, 0.3) is 0 Å². The summed E-state index contributed by atoms with van der Waals surface area (Å²) in [6, 6.07) is 0.414. The minimum atomic E-state index is 0.385. The zero-order valence-electron chi connectivity index (χ0n) is 14.1. The predicted octanol–water partition coefficient (Wildman–Crippen LogP) is 2.53. The summed E-state index contributed by atoms with van der Waals surface area (Å²) >= 11 is 0. The standard InChI is InChI=1S/C18H32N2O2/c1-19-10-9-17-16(13-19)14-22-12-11-20(17)18(21)8-7-15-5-3-2-4-6-15/h15-17H,2-14H2,1H3. The molecular formula is C18H32N2O2. The van der Waals surface area contributed by atoms with E-state index in [0.29, 0.717) is 24.5 Å². The fourth-order valence-electron chi connectivity index (χ4n) is 4.60. The van der Waals surface area contributed by atoms with E-state index in [4.69, 9.17) is 4.74 Å². The highest BCUT2D eigenvalue weighted by molar-refractivity contribution is 5.76. The summed E-state index contributed by atoms with van der Waals surface area (Å²) in [5, 5.41) is 0. The minimum absolute atomic E-state index is 0.385. The van der Waals surface area contributed by atoms with Crippen LogP contribution in [0, 0.1) is 11.8 Å². The van der Waals surface area contributed by atoms with Crippen molar-refractivity contribution in [2.24, 2.45) is 11.8 Å². The second kappa shape index (κ2) is 7.78. The van der Waals surface area contributed by atoms with E-state index in [1.54, 1.807) is 0 Å². The van der Waals surface area contributed by atoms with E-state index in [9.17, 15) is 4.79 Å². The number of nitrogens with zero attached hydrogens (tertiary/aromatic N) is 2. The maximum absolute atomic E-state index is 12.8. The van der Waals surface area contributed by atoms with Gasteiger partial charge in [0.1, 0.15) is 0 Å². The Labute approximate surface area is 135 Å². The average Bonchev–Trinajstić information content (AvgIpc) is 2.75. The third-order valence-corrected chi connectivity index (χ3v) is 5.92. The van der Waals surface area contributed by atoms with Crippen LogP contribution < -0.4 is 0 Å². The summed E-state index contributed by atoms with van der Waals surface area (Å²) < 4.78 is 5.77. The van der Waals surface area contributed by atoms with E-state index < -0.39 is 0 Å². The first kappa shape index (κ1) is 16.3. The lowest BCUT2D eigenvalue weighted by atomic mass is 9.85. The summed E-state index contributed by atoms with van der Waals surface area (Å²) in [7, 11) is 2.18.